The zero-order valence-corrected chi connectivity index (χ0v) is 39.5. The van der Waals surface area contributed by atoms with Crippen LogP contribution in [0, 0.1) is 20.8 Å². The molecule has 0 aliphatic heterocycles. The van der Waals surface area contributed by atoms with Crippen molar-refractivity contribution in [3.05, 3.63) is 281 Å². The van der Waals surface area contributed by atoms with E-state index in [1.165, 1.54) is 100 Å². The summed E-state index contributed by atoms with van der Waals surface area (Å²) in [5, 5.41) is 0. The predicted octanol–water partition coefficient (Wildman–Crippen LogP) is 18.2. The first-order valence-corrected chi connectivity index (χ1v) is 24.0. The van der Waals surface area contributed by atoms with Gasteiger partial charge < -0.3 is 4.90 Å². The fraction of sp³-hybridized carbons (Fsp3) is 0.104. The van der Waals surface area contributed by atoms with Crippen molar-refractivity contribution in [3.8, 4) is 55.6 Å². The zero-order valence-electron chi connectivity index (χ0n) is 39.5. The van der Waals surface area contributed by atoms with Crippen LogP contribution in [0.5, 0.6) is 0 Å². The molecule has 1 aliphatic carbocycles. The smallest absolute Gasteiger partial charge is 0.0465 e. The molecular weight excluding hydrogens is 819 g/mol. The highest BCUT2D eigenvalue weighted by atomic mass is 15.1. The van der Waals surface area contributed by atoms with E-state index in [9.17, 15) is 0 Å². The van der Waals surface area contributed by atoms with Crippen LogP contribution in [-0.2, 0) is 5.41 Å². The Morgan fingerprint density at radius 2 is 0.721 bits per heavy atom. The summed E-state index contributed by atoms with van der Waals surface area (Å²) in [4.78, 5) is 2.41. The first kappa shape index (κ1) is 42.6. The van der Waals surface area contributed by atoms with E-state index in [1.54, 1.807) is 0 Å². The lowest BCUT2D eigenvalue weighted by atomic mass is 9.73. The summed E-state index contributed by atoms with van der Waals surface area (Å²) in [6.07, 6.45) is 0. The molecule has 0 spiro atoms. The molecule has 0 saturated heterocycles. The standard InChI is InChI=1S/C67H55N/c1-45-22-9-12-27-52(45)56-30-15-17-33-61(56)66(62-34-18-16-31-57(62)53-28-13-10-23-46(53)2)65-55(35-21-36-60(65)54-29-14-11-24-47(54)3)48-38-40-50(41-39-48)68(49-25-7-6-8-26-49)51-42-43-59-58-32-19-20-37-63(58)67(4,5)64(59)44-51/h6-44,66H,1-5H3. The van der Waals surface area contributed by atoms with Crippen LogP contribution in [0.4, 0.5) is 17.1 Å². The Balaban J connectivity index is 1.14. The molecular formula is C67H55N. The molecule has 1 heteroatoms. The van der Waals surface area contributed by atoms with Gasteiger partial charge in [-0.05, 0) is 157 Å². The van der Waals surface area contributed by atoms with E-state index in [4.69, 9.17) is 0 Å². The van der Waals surface area contributed by atoms with Crippen molar-refractivity contribution in [2.45, 2.75) is 46.0 Å². The Bertz CT molecular complexity index is 3380. The third-order valence-electron chi connectivity index (χ3n) is 14.5. The summed E-state index contributed by atoms with van der Waals surface area (Å²) in [5.41, 5.74) is 26.1. The maximum absolute atomic E-state index is 2.42. The number of hydrogen-bond acceptors (Lipinski definition) is 1. The fourth-order valence-electron chi connectivity index (χ4n) is 11.1. The maximum Gasteiger partial charge on any atom is 0.0465 e. The van der Waals surface area contributed by atoms with E-state index < -0.39 is 0 Å². The highest BCUT2D eigenvalue weighted by Gasteiger charge is 2.36. The molecule has 68 heavy (non-hydrogen) atoms. The molecule has 0 atom stereocenters. The molecule has 0 fully saturated rings. The molecule has 0 N–H and O–H groups in total. The monoisotopic (exact) mass is 873 g/mol. The van der Waals surface area contributed by atoms with Gasteiger partial charge in [0.1, 0.15) is 0 Å². The van der Waals surface area contributed by atoms with Gasteiger partial charge in [0.15, 0.2) is 0 Å². The van der Waals surface area contributed by atoms with Crippen LogP contribution in [0.25, 0.3) is 55.6 Å². The first-order chi connectivity index (χ1) is 33.3. The van der Waals surface area contributed by atoms with Crippen molar-refractivity contribution in [1.82, 2.24) is 0 Å². The van der Waals surface area contributed by atoms with Crippen molar-refractivity contribution in [3.63, 3.8) is 0 Å². The van der Waals surface area contributed by atoms with Gasteiger partial charge in [-0.25, -0.2) is 0 Å². The number of anilines is 3. The van der Waals surface area contributed by atoms with Crippen LogP contribution in [0.2, 0.25) is 0 Å². The fourth-order valence-corrected chi connectivity index (χ4v) is 11.1. The Hall–Kier alpha value is -8.00. The number of aryl methyl sites for hydroxylation is 3. The summed E-state index contributed by atoms with van der Waals surface area (Å²) in [6, 6.07) is 87.8. The number of fused-ring (bicyclic) bond motifs is 3. The molecule has 0 radical (unpaired) electrons. The summed E-state index contributed by atoms with van der Waals surface area (Å²) in [6.45, 7) is 11.4. The number of nitrogens with zero attached hydrogens (tertiary/aromatic N) is 1. The summed E-state index contributed by atoms with van der Waals surface area (Å²) < 4.78 is 0. The summed E-state index contributed by atoms with van der Waals surface area (Å²) >= 11 is 0. The van der Waals surface area contributed by atoms with Crippen LogP contribution < -0.4 is 4.90 Å². The Morgan fingerprint density at radius 1 is 0.309 bits per heavy atom. The maximum atomic E-state index is 2.42. The number of hydrogen-bond donors (Lipinski definition) is 0. The van der Waals surface area contributed by atoms with E-state index in [2.05, 4.69) is 276 Å². The SMILES string of the molecule is Cc1ccccc1-c1ccccc1C(c1ccccc1-c1ccccc1C)c1c(-c2ccc(N(c3ccccc3)c3ccc4c(c3)C(C)(C)c3ccccc3-4)cc2)cccc1-c1ccccc1C. The predicted molar refractivity (Wildman–Crippen MR) is 288 cm³/mol. The molecule has 0 amide bonds. The van der Waals surface area contributed by atoms with E-state index in [0.29, 0.717) is 0 Å². The van der Waals surface area contributed by atoms with Gasteiger partial charge in [0, 0.05) is 28.4 Å². The largest absolute Gasteiger partial charge is 0.310 e. The van der Waals surface area contributed by atoms with Gasteiger partial charge in [-0.2, -0.15) is 0 Å². The third kappa shape index (κ3) is 7.45. The minimum Gasteiger partial charge on any atom is -0.310 e. The van der Waals surface area contributed by atoms with Crippen molar-refractivity contribution < 1.29 is 0 Å². The molecule has 328 valence electrons. The first-order valence-electron chi connectivity index (χ1n) is 24.0. The van der Waals surface area contributed by atoms with Gasteiger partial charge in [-0.3, -0.25) is 0 Å². The quantitative estimate of drug-likeness (QED) is 0.124. The molecule has 10 aromatic rings. The summed E-state index contributed by atoms with van der Waals surface area (Å²) in [5.74, 6) is -0.146. The van der Waals surface area contributed by atoms with Gasteiger partial charge in [0.25, 0.3) is 0 Å². The minimum atomic E-state index is -0.146. The number of benzene rings is 10. The van der Waals surface area contributed by atoms with Crippen LogP contribution in [-0.4, -0.2) is 0 Å². The van der Waals surface area contributed by atoms with E-state index in [1.807, 2.05) is 0 Å². The van der Waals surface area contributed by atoms with Gasteiger partial charge in [0.05, 0.1) is 0 Å². The minimum absolute atomic E-state index is 0.112. The lowest BCUT2D eigenvalue weighted by molar-refractivity contribution is 0.660. The van der Waals surface area contributed by atoms with Gasteiger partial charge >= 0.3 is 0 Å². The molecule has 0 saturated carbocycles. The highest BCUT2D eigenvalue weighted by molar-refractivity contribution is 5.89. The molecule has 0 aromatic heterocycles. The summed E-state index contributed by atoms with van der Waals surface area (Å²) in [7, 11) is 0. The zero-order chi connectivity index (χ0) is 46.4. The Kier molecular flexibility index (Phi) is 11.1. The second-order valence-corrected chi connectivity index (χ2v) is 18.9. The lowest BCUT2D eigenvalue weighted by Gasteiger charge is -2.30. The topological polar surface area (TPSA) is 3.24 Å². The lowest BCUT2D eigenvalue weighted by Crippen LogP contribution is -2.16. The second-order valence-electron chi connectivity index (χ2n) is 18.9. The molecule has 1 nitrogen and oxygen atoms in total. The normalized spacial score (nSPS) is 12.4. The Morgan fingerprint density at radius 3 is 1.29 bits per heavy atom. The number of para-hydroxylation sites is 1. The van der Waals surface area contributed by atoms with Crippen LogP contribution in [0.1, 0.15) is 64.3 Å². The molecule has 11 rings (SSSR count). The van der Waals surface area contributed by atoms with Crippen molar-refractivity contribution in [1.29, 1.82) is 0 Å². The molecule has 10 aromatic carbocycles. The number of rotatable bonds is 10. The highest BCUT2D eigenvalue weighted by Crippen LogP contribution is 2.52. The van der Waals surface area contributed by atoms with Crippen LogP contribution >= 0.6 is 0 Å². The van der Waals surface area contributed by atoms with E-state index in [-0.39, 0.29) is 11.3 Å². The van der Waals surface area contributed by atoms with E-state index >= 15 is 0 Å². The van der Waals surface area contributed by atoms with Crippen molar-refractivity contribution in [2.24, 2.45) is 0 Å². The van der Waals surface area contributed by atoms with E-state index in [0.717, 1.165) is 17.1 Å². The van der Waals surface area contributed by atoms with Crippen molar-refractivity contribution in [2.75, 3.05) is 4.90 Å². The molecule has 0 bridgehead atoms. The van der Waals surface area contributed by atoms with Crippen molar-refractivity contribution >= 4 is 17.1 Å². The van der Waals surface area contributed by atoms with Gasteiger partial charge in [-0.1, -0.05) is 214 Å². The third-order valence-corrected chi connectivity index (χ3v) is 14.5. The van der Waals surface area contributed by atoms with Gasteiger partial charge in [0.2, 0.25) is 0 Å². The molecule has 0 heterocycles. The second kappa shape index (κ2) is 17.7. The average molecular weight is 874 g/mol. The van der Waals surface area contributed by atoms with Crippen LogP contribution in [0.3, 0.4) is 0 Å². The molecule has 0 unspecified atom stereocenters. The molecule has 1 aliphatic rings. The van der Waals surface area contributed by atoms with Gasteiger partial charge in [-0.15, -0.1) is 0 Å². The average Bonchev–Trinajstić information content (AvgIpc) is 3.60. The Labute approximate surface area is 402 Å². The van der Waals surface area contributed by atoms with Crippen LogP contribution in [0.15, 0.2) is 237 Å².